The topological polar surface area (TPSA) is 163 Å². The number of non-ortho nitro benzene ring substituents is 1. The molecular formula is C11H5N4O7-. The Bertz CT molecular complexity index is 932. The van der Waals surface area contributed by atoms with Gasteiger partial charge in [-0.25, -0.2) is 0 Å². The summed E-state index contributed by atoms with van der Waals surface area (Å²) in [5.74, 6) is -1.04. The lowest BCUT2D eigenvalue weighted by molar-refractivity contribution is -0.385. The van der Waals surface area contributed by atoms with Crippen molar-refractivity contribution in [3.05, 3.63) is 53.5 Å². The zero-order valence-electron chi connectivity index (χ0n) is 10.6. The molecule has 0 unspecified atom stereocenters. The van der Waals surface area contributed by atoms with Crippen LogP contribution in [0.4, 0.5) is 17.1 Å². The van der Waals surface area contributed by atoms with Crippen LogP contribution in [-0.4, -0.2) is 20.7 Å². The molecule has 0 saturated heterocycles. The molecular weight excluding hydrogens is 300 g/mol. The molecule has 112 valence electrons. The standard InChI is InChI=1S/C11H5N4O7/c16-7-2-4-1-5(14(19)20)3-6-8(4)9(13(7)18)10(15(21)22)11(17)12-6/h1,3H,2H2,(H,12,17)/q-1. The van der Waals surface area contributed by atoms with E-state index in [9.17, 15) is 35.0 Å². The Morgan fingerprint density at radius 1 is 1.14 bits per heavy atom. The van der Waals surface area contributed by atoms with Crippen molar-refractivity contribution in [2.24, 2.45) is 0 Å². The molecule has 0 bridgehead atoms. The fourth-order valence-electron chi connectivity index (χ4n) is 2.44. The molecule has 3 rings (SSSR count). The first kappa shape index (κ1) is 13.6. The van der Waals surface area contributed by atoms with Crippen LogP contribution in [0, 0.1) is 25.4 Å². The van der Waals surface area contributed by atoms with Gasteiger partial charge in [0.15, 0.2) is 0 Å². The second-order valence-corrected chi connectivity index (χ2v) is 4.56. The minimum absolute atomic E-state index is 0.0356. The third kappa shape index (κ3) is 1.73. The van der Waals surface area contributed by atoms with E-state index in [2.05, 4.69) is 4.98 Å². The van der Waals surface area contributed by atoms with Gasteiger partial charge in [0.05, 0.1) is 21.8 Å². The Hall–Kier alpha value is -3.34. The van der Waals surface area contributed by atoms with Gasteiger partial charge >= 0.3 is 11.2 Å². The summed E-state index contributed by atoms with van der Waals surface area (Å²) in [4.78, 5) is 45.7. The highest BCUT2D eigenvalue weighted by molar-refractivity contribution is 6.13. The summed E-state index contributed by atoms with van der Waals surface area (Å²) < 4.78 is 0. The average Bonchev–Trinajstić information content (AvgIpc) is 2.42. The zero-order chi connectivity index (χ0) is 16.2. The van der Waals surface area contributed by atoms with Crippen LogP contribution in [0.25, 0.3) is 10.9 Å². The van der Waals surface area contributed by atoms with E-state index in [1.54, 1.807) is 0 Å². The molecule has 22 heavy (non-hydrogen) atoms. The van der Waals surface area contributed by atoms with E-state index in [1.807, 2.05) is 0 Å². The molecule has 0 atom stereocenters. The third-order valence-corrected chi connectivity index (χ3v) is 3.29. The number of carbonyl (C=O) groups excluding carboxylic acids is 1. The van der Waals surface area contributed by atoms with Crippen LogP contribution in [0.3, 0.4) is 0 Å². The summed E-state index contributed by atoms with van der Waals surface area (Å²) in [6, 6.07) is 2.04. The number of pyridine rings is 1. The summed E-state index contributed by atoms with van der Waals surface area (Å²) in [5, 5.41) is 33.5. The molecule has 11 nitrogen and oxygen atoms in total. The van der Waals surface area contributed by atoms with E-state index in [0.717, 1.165) is 12.1 Å². The maximum absolute atomic E-state index is 11.9. The van der Waals surface area contributed by atoms with Gasteiger partial charge in [0, 0.05) is 17.5 Å². The van der Waals surface area contributed by atoms with E-state index in [0.29, 0.717) is 0 Å². The van der Waals surface area contributed by atoms with Gasteiger partial charge in [-0.05, 0) is 5.56 Å². The average molecular weight is 305 g/mol. The van der Waals surface area contributed by atoms with Gasteiger partial charge in [-0.15, -0.1) is 0 Å². The maximum atomic E-state index is 11.9. The smallest absolute Gasteiger partial charge is 0.357 e. The molecule has 11 heteroatoms. The number of anilines is 1. The van der Waals surface area contributed by atoms with E-state index in [1.165, 1.54) is 0 Å². The first-order chi connectivity index (χ1) is 10.3. The highest BCUT2D eigenvalue weighted by Gasteiger charge is 2.32. The number of nitrogens with one attached hydrogen (secondary N) is 1. The number of hydroxylamine groups is 1. The molecule has 0 aliphatic carbocycles. The molecule has 1 aliphatic heterocycles. The van der Waals surface area contributed by atoms with Crippen LogP contribution in [0.2, 0.25) is 0 Å². The van der Waals surface area contributed by atoms with Gasteiger partial charge in [-0.2, -0.15) is 0 Å². The lowest BCUT2D eigenvalue weighted by Crippen LogP contribution is -2.32. The minimum Gasteiger partial charge on any atom is -0.752 e. The lowest BCUT2D eigenvalue weighted by Gasteiger charge is -2.32. The fraction of sp³-hybridized carbons (Fsp3) is 0.0909. The van der Waals surface area contributed by atoms with Crippen LogP contribution in [0.15, 0.2) is 16.9 Å². The SMILES string of the molecule is O=C1Cc2cc([N+](=O)[O-])cc3[nH]c(=O)c([N+](=O)[O-])c(c23)N1[O-]. The van der Waals surface area contributed by atoms with Gasteiger partial charge in [-0.1, -0.05) is 0 Å². The maximum Gasteiger partial charge on any atom is 0.357 e. The monoisotopic (exact) mass is 305 g/mol. The molecule has 2 heterocycles. The molecule has 0 spiro atoms. The van der Waals surface area contributed by atoms with Crippen molar-refractivity contribution < 1.29 is 14.6 Å². The van der Waals surface area contributed by atoms with Gasteiger partial charge in [0.1, 0.15) is 5.69 Å². The van der Waals surface area contributed by atoms with Gasteiger partial charge < -0.3 is 15.3 Å². The van der Waals surface area contributed by atoms with Crippen molar-refractivity contribution in [3.8, 4) is 0 Å². The van der Waals surface area contributed by atoms with Crippen LogP contribution in [0.1, 0.15) is 5.56 Å². The van der Waals surface area contributed by atoms with Crippen molar-refractivity contribution in [2.45, 2.75) is 6.42 Å². The number of amides is 1. The number of H-pyrrole nitrogens is 1. The molecule has 0 radical (unpaired) electrons. The molecule has 1 aliphatic rings. The first-order valence-electron chi connectivity index (χ1n) is 5.83. The molecule has 0 fully saturated rings. The van der Waals surface area contributed by atoms with Crippen LogP contribution in [0.5, 0.6) is 0 Å². The predicted octanol–water partition coefficient (Wildman–Crippen LogP) is 0.731. The number of rotatable bonds is 2. The van der Waals surface area contributed by atoms with E-state index < -0.39 is 44.8 Å². The molecule has 1 aromatic heterocycles. The molecule has 0 saturated carbocycles. The number of nitrogens with zero attached hydrogens (tertiary/aromatic N) is 3. The predicted molar refractivity (Wildman–Crippen MR) is 72.4 cm³/mol. The number of nitro benzene ring substituents is 1. The second kappa shape index (κ2) is 4.33. The third-order valence-electron chi connectivity index (χ3n) is 3.29. The minimum atomic E-state index is -1.21. The molecule has 2 aromatic rings. The highest BCUT2D eigenvalue weighted by Crippen LogP contribution is 2.39. The highest BCUT2D eigenvalue weighted by atomic mass is 16.6. The first-order valence-corrected chi connectivity index (χ1v) is 5.83. The van der Waals surface area contributed by atoms with Crippen molar-refractivity contribution >= 4 is 33.9 Å². The lowest BCUT2D eigenvalue weighted by atomic mass is 9.98. The molecule has 1 amide bonds. The van der Waals surface area contributed by atoms with Crippen molar-refractivity contribution in [3.63, 3.8) is 0 Å². The number of aromatic nitrogens is 1. The Balaban J connectivity index is 2.54. The summed E-state index contributed by atoms with van der Waals surface area (Å²) >= 11 is 0. The van der Waals surface area contributed by atoms with Crippen LogP contribution >= 0.6 is 0 Å². The number of hydrogen-bond donors (Lipinski definition) is 1. The number of benzene rings is 1. The number of carbonyl (C=O) groups is 1. The fourth-order valence-corrected chi connectivity index (χ4v) is 2.44. The van der Waals surface area contributed by atoms with Gasteiger partial charge in [-0.3, -0.25) is 29.8 Å². The van der Waals surface area contributed by atoms with E-state index in [4.69, 9.17) is 0 Å². The normalized spacial score (nSPS) is 13.5. The van der Waals surface area contributed by atoms with Crippen molar-refractivity contribution in [1.82, 2.24) is 4.98 Å². The number of nitro groups is 2. The Kier molecular flexibility index (Phi) is 2.68. The Labute approximate surface area is 119 Å². The Morgan fingerprint density at radius 3 is 2.41 bits per heavy atom. The summed E-state index contributed by atoms with van der Waals surface area (Å²) in [7, 11) is 0. The number of hydrogen-bond acceptors (Lipinski definition) is 7. The van der Waals surface area contributed by atoms with E-state index in [-0.39, 0.29) is 21.5 Å². The van der Waals surface area contributed by atoms with Gasteiger partial charge in [0.2, 0.25) is 5.91 Å². The van der Waals surface area contributed by atoms with Gasteiger partial charge in [0.25, 0.3) is 5.69 Å². The van der Waals surface area contributed by atoms with Crippen molar-refractivity contribution in [2.75, 3.05) is 5.06 Å². The quantitative estimate of drug-likeness (QED) is 0.631. The van der Waals surface area contributed by atoms with Crippen molar-refractivity contribution in [1.29, 1.82) is 0 Å². The largest absolute Gasteiger partial charge is 0.752 e. The number of aromatic amines is 1. The molecule has 1 N–H and O–H groups in total. The van der Waals surface area contributed by atoms with Crippen LogP contribution in [-0.2, 0) is 11.2 Å². The zero-order valence-corrected chi connectivity index (χ0v) is 10.6. The second-order valence-electron chi connectivity index (χ2n) is 4.56. The summed E-state index contributed by atoms with van der Waals surface area (Å²) in [6.07, 6.45) is -0.447. The Morgan fingerprint density at radius 2 is 1.82 bits per heavy atom. The summed E-state index contributed by atoms with van der Waals surface area (Å²) in [6.45, 7) is 0. The molecule has 1 aromatic carbocycles. The summed E-state index contributed by atoms with van der Waals surface area (Å²) in [5.41, 5.74) is -3.39. The van der Waals surface area contributed by atoms with Crippen LogP contribution < -0.4 is 10.6 Å². The van der Waals surface area contributed by atoms with E-state index >= 15 is 0 Å².